The van der Waals surface area contributed by atoms with E-state index in [0.717, 1.165) is 11.3 Å². The predicted molar refractivity (Wildman–Crippen MR) is 95.7 cm³/mol. The summed E-state index contributed by atoms with van der Waals surface area (Å²) in [6, 6.07) is 7.89. The van der Waals surface area contributed by atoms with E-state index in [1.807, 2.05) is 36.7 Å². The Morgan fingerprint density at radius 3 is 2.83 bits per heavy atom. The minimum Gasteiger partial charge on any atom is -0.489 e. The molecule has 124 valence electrons. The van der Waals surface area contributed by atoms with E-state index >= 15 is 0 Å². The fourth-order valence-electron chi connectivity index (χ4n) is 2.22. The van der Waals surface area contributed by atoms with Gasteiger partial charge in [0.25, 0.3) is 5.91 Å². The minimum atomic E-state index is -0.134. The zero-order chi connectivity index (χ0) is 17.1. The highest BCUT2D eigenvalue weighted by molar-refractivity contribution is 7.12. The highest BCUT2D eigenvalue weighted by Crippen LogP contribution is 2.21. The number of anilines is 1. The van der Waals surface area contributed by atoms with Gasteiger partial charge < -0.3 is 10.1 Å². The molecule has 1 N–H and O–H groups in total. The Morgan fingerprint density at radius 1 is 1.29 bits per heavy atom. The highest BCUT2D eigenvalue weighted by atomic mass is 32.1. The largest absolute Gasteiger partial charge is 0.489 e. The van der Waals surface area contributed by atoms with Crippen LogP contribution in [0.5, 0.6) is 5.75 Å². The lowest BCUT2D eigenvalue weighted by atomic mass is 10.1. The third-order valence-corrected chi connectivity index (χ3v) is 4.70. The Bertz CT molecular complexity index is 867. The van der Waals surface area contributed by atoms with Crippen molar-refractivity contribution in [2.45, 2.75) is 20.5 Å². The van der Waals surface area contributed by atoms with E-state index < -0.39 is 0 Å². The first-order chi connectivity index (χ1) is 11.5. The van der Waals surface area contributed by atoms with Gasteiger partial charge in [-0.05, 0) is 48.6 Å². The molecule has 5 nitrogen and oxygen atoms in total. The second-order valence-electron chi connectivity index (χ2n) is 5.71. The number of hydrogen-bond donors (Lipinski definition) is 1. The van der Waals surface area contributed by atoms with Crippen LogP contribution >= 0.6 is 11.3 Å². The van der Waals surface area contributed by atoms with Crippen molar-refractivity contribution in [2.75, 3.05) is 5.32 Å². The van der Waals surface area contributed by atoms with Crippen LogP contribution in [0.4, 0.5) is 5.69 Å². The molecule has 6 heteroatoms. The number of ether oxygens (including phenoxy) is 1. The molecule has 24 heavy (non-hydrogen) atoms. The van der Waals surface area contributed by atoms with Crippen LogP contribution in [0, 0.1) is 13.8 Å². The molecular formula is C18H19N3O2S. The molecule has 0 spiro atoms. The van der Waals surface area contributed by atoms with Gasteiger partial charge in [-0.1, -0.05) is 6.07 Å². The Kier molecular flexibility index (Phi) is 4.66. The van der Waals surface area contributed by atoms with Gasteiger partial charge >= 0.3 is 0 Å². The number of rotatable bonds is 5. The number of hydrogen-bond acceptors (Lipinski definition) is 4. The van der Waals surface area contributed by atoms with Crippen LogP contribution in [0.3, 0.4) is 0 Å². The maximum Gasteiger partial charge on any atom is 0.265 e. The normalized spacial score (nSPS) is 10.6. The molecule has 2 aromatic heterocycles. The SMILES string of the molecule is Cc1ccc(OCc2csc(C(=O)Nc3cnn(C)c3)c2)cc1C. The predicted octanol–water partition coefficient (Wildman–Crippen LogP) is 3.93. The molecular weight excluding hydrogens is 322 g/mol. The monoisotopic (exact) mass is 341 g/mol. The summed E-state index contributed by atoms with van der Waals surface area (Å²) in [7, 11) is 1.81. The van der Waals surface area contributed by atoms with Crippen molar-refractivity contribution in [3.05, 3.63) is 63.6 Å². The fraction of sp³-hybridized carbons (Fsp3) is 0.222. The van der Waals surface area contributed by atoms with Crippen LogP contribution in [0.2, 0.25) is 0 Å². The van der Waals surface area contributed by atoms with Gasteiger partial charge in [0, 0.05) is 18.8 Å². The molecule has 1 aromatic carbocycles. The summed E-state index contributed by atoms with van der Waals surface area (Å²) in [5.41, 5.74) is 4.11. The lowest BCUT2D eigenvalue weighted by Crippen LogP contribution is -2.09. The first-order valence-corrected chi connectivity index (χ1v) is 8.46. The van der Waals surface area contributed by atoms with Gasteiger partial charge in [-0.3, -0.25) is 9.48 Å². The topological polar surface area (TPSA) is 56.1 Å². The van der Waals surface area contributed by atoms with E-state index in [1.165, 1.54) is 22.5 Å². The number of carbonyl (C=O) groups is 1. The number of amides is 1. The quantitative estimate of drug-likeness (QED) is 0.765. The van der Waals surface area contributed by atoms with Gasteiger partial charge in [0.1, 0.15) is 12.4 Å². The molecule has 3 aromatic rings. The van der Waals surface area contributed by atoms with E-state index in [1.54, 1.807) is 17.1 Å². The van der Waals surface area contributed by atoms with Crippen molar-refractivity contribution in [3.63, 3.8) is 0 Å². The van der Waals surface area contributed by atoms with Crippen LogP contribution < -0.4 is 10.1 Å². The molecule has 0 saturated carbocycles. The van der Waals surface area contributed by atoms with Crippen LogP contribution in [-0.4, -0.2) is 15.7 Å². The van der Waals surface area contributed by atoms with Crippen molar-refractivity contribution in [2.24, 2.45) is 7.05 Å². The van der Waals surface area contributed by atoms with E-state index in [2.05, 4.69) is 24.3 Å². The molecule has 1 amide bonds. The number of nitrogens with one attached hydrogen (secondary N) is 1. The van der Waals surface area contributed by atoms with Crippen LogP contribution in [0.25, 0.3) is 0 Å². The van der Waals surface area contributed by atoms with Gasteiger partial charge in [0.05, 0.1) is 16.8 Å². The van der Waals surface area contributed by atoms with E-state index in [0.29, 0.717) is 17.2 Å². The number of benzene rings is 1. The molecule has 2 heterocycles. The van der Waals surface area contributed by atoms with Gasteiger partial charge in [-0.15, -0.1) is 11.3 Å². The highest BCUT2D eigenvalue weighted by Gasteiger charge is 2.11. The van der Waals surface area contributed by atoms with Crippen molar-refractivity contribution < 1.29 is 9.53 Å². The summed E-state index contributed by atoms with van der Waals surface area (Å²) in [4.78, 5) is 12.9. The molecule has 3 rings (SSSR count). The average Bonchev–Trinajstić information content (AvgIpc) is 3.18. The molecule has 0 saturated heterocycles. The summed E-state index contributed by atoms with van der Waals surface area (Å²) < 4.78 is 7.45. The molecule has 0 aliphatic rings. The minimum absolute atomic E-state index is 0.134. The first kappa shape index (κ1) is 16.3. The van der Waals surface area contributed by atoms with Crippen molar-refractivity contribution in [3.8, 4) is 5.75 Å². The summed E-state index contributed by atoms with van der Waals surface area (Å²) in [5.74, 6) is 0.705. The number of carbonyl (C=O) groups excluding carboxylic acids is 1. The molecule has 0 aliphatic carbocycles. The Hall–Kier alpha value is -2.60. The van der Waals surface area contributed by atoms with Gasteiger partial charge in [0.15, 0.2) is 0 Å². The summed E-state index contributed by atoms with van der Waals surface area (Å²) in [5, 5.41) is 8.80. The average molecular weight is 341 g/mol. The maximum atomic E-state index is 12.2. The zero-order valence-electron chi connectivity index (χ0n) is 13.9. The summed E-state index contributed by atoms with van der Waals surface area (Å²) in [6.45, 7) is 4.58. The van der Waals surface area contributed by atoms with Crippen molar-refractivity contribution >= 4 is 22.9 Å². The number of aromatic nitrogens is 2. The van der Waals surface area contributed by atoms with Crippen molar-refractivity contribution in [1.82, 2.24) is 9.78 Å². The second-order valence-corrected chi connectivity index (χ2v) is 6.62. The Balaban J connectivity index is 1.60. The fourth-order valence-corrected chi connectivity index (χ4v) is 3.01. The Labute approximate surface area is 144 Å². The van der Waals surface area contributed by atoms with Gasteiger partial charge in [-0.25, -0.2) is 0 Å². The van der Waals surface area contributed by atoms with E-state index in [9.17, 15) is 4.79 Å². The summed E-state index contributed by atoms with van der Waals surface area (Å²) >= 11 is 1.41. The third kappa shape index (κ3) is 3.83. The van der Waals surface area contributed by atoms with Crippen LogP contribution in [0.1, 0.15) is 26.4 Å². The maximum absolute atomic E-state index is 12.2. The van der Waals surface area contributed by atoms with Crippen LogP contribution in [0.15, 0.2) is 42.0 Å². The van der Waals surface area contributed by atoms with E-state index in [4.69, 9.17) is 4.74 Å². The van der Waals surface area contributed by atoms with Crippen LogP contribution in [-0.2, 0) is 13.7 Å². The lowest BCUT2D eigenvalue weighted by Gasteiger charge is -2.07. The smallest absolute Gasteiger partial charge is 0.265 e. The molecule has 0 atom stereocenters. The lowest BCUT2D eigenvalue weighted by molar-refractivity contribution is 0.103. The number of thiophene rings is 1. The molecule has 0 fully saturated rings. The van der Waals surface area contributed by atoms with Gasteiger partial charge in [0.2, 0.25) is 0 Å². The van der Waals surface area contributed by atoms with Crippen molar-refractivity contribution in [1.29, 1.82) is 0 Å². The third-order valence-electron chi connectivity index (χ3n) is 3.72. The van der Waals surface area contributed by atoms with Gasteiger partial charge in [-0.2, -0.15) is 5.10 Å². The second kappa shape index (κ2) is 6.88. The Morgan fingerprint density at radius 2 is 2.12 bits per heavy atom. The number of aryl methyl sites for hydroxylation is 3. The zero-order valence-corrected chi connectivity index (χ0v) is 14.7. The molecule has 0 bridgehead atoms. The molecule has 0 radical (unpaired) electrons. The first-order valence-electron chi connectivity index (χ1n) is 7.59. The molecule has 0 unspecified atom stereocenters. The standard InChI is InChI=1S/C18H19N3O2S/c1-12-4-5-16(6-13(12)2)23-10-14-7-17(24-11-14)18(22)20-15-8-19-21(3)9-15/h4-9,11H,10H2,1-3H3,(H,20,22). The van der Waals surface area contributed by atoms with E-state index in [-0.39, 0.29) is 5.91 Å². The molecule has 0 aliphatic heterocycles. The summed E-state index contributed by atoms with van der Waals surface area (Å²) in [6.07, 6.45) is 3.38. The number of nitrogens with zero attached hydrogens (tertiary/aromatic N) is 2.